The maximum atomic E-state index is 11.6. The Kier molecular flexibility index (Phi) is 6.02. The first-order valence-electron chi connectivity index (χ1n) is 6.36. The molecule has 0 aromatic heterocycles. The first-order valence-corrected chi connectivity index (χ1v) is 6.36. The first kappa shape index (κ1) is 15.2. The van der Waals surface area contributed by atoms with Gasteiger partial charge in [0.05, 0.1) is 6.10 Å². The summed E-state index contributed by atoms with van der Waals surface area (Å²) in [4.78, 5) is 23.1. The van der Waals surface area contributed by atoms with Crippen LogP contribution in [0.3, 0.4) is 0 Å². The Morgan fingerprint density at radius 2 is 2.05 bits per heavy atom. The van der Waals surface area contributed by atoms with Gasteiger partial charge in [-0.1, -0.05) is 25.5 Å². The number of aryl methyl sites for hydroxylation is 1. The zero-order valence-corrected chi connectivity index (χ0v) is 11.3. The van der Waals surface area contributed by atoms with Crippen LogP contribution in [0.4, 0.5) is 5.69 Å². The standard InChI is InChI=1S/C14H20N2O3/c1-3-5-12(17)9-15-13(18)14(19)16-11-7-4-6-10(2)8-11/h4,6-8,12,17H,3,5,9H2,1-2H3,(H,15,18)(H,16,19). The lowest BCUT2D eigenvalue weighted by molar-refractivity contribution is -0.136. The van der Waals surface area contributed by atoms with Crippen molar-refractivity contribution in [1.29, 1.82) is 0 Å². The van der Waals surface area contributed by atoms with Crippen LogP contribution < -0.4 is 10.6 Å². The molecule has 1 aromatic carbocycles. The van der Waals surface area contributed by atoms with Crippen LogP contribution in [0.2, 0.25) is 0 Å². The number of rotatable bonds is 5. The second-order valence-corrected chi connectivity index (χ2v) is 4.48. The highest BCUT2D eigenvalue weighted by Crippen LogP contribution is 2.09. The Balaban J connectivity index is 2.43. The number of nitrogens with one attached hydrogen (secondary N) is 2. The fraction of sp³-hybridized carbons (Fsp3) is 0.429. The molecule has 0 aliphatic rings. The second kappa shape index (κ2) is 7.53. The summed E-state index contributed by atoms with van der Waals surface area (Å²) in [6.45, 7) is 3.93. The van der Waals surface area contributed by atoms with E-state index in [9.17, 15) is 14.7 Å². The molecule has 1 rings (SSSR count). The Bertz CT molecular complexity index is 446. The average molecular weight is 264 g/mol. The first-order chi connectivity index (χ1) is 9.02. The van der Waals surface area contributed by atoms with Gasteiger partial charge in [0.1, 0.15) is 0 Å². The molecule has 0 aliphatic carbocycles. The molecule has 2 amide bonds. The van der Waals surface area contributed by atoms with Gasteiger partial charge in [0.25, 0.3) is 0 Å². The Hall–Kier alpha value is -1.88. The van der Waals surface area contributed by atoms with Gasteiger partial charge in [-0.25, -0.2) is 0 Å². The maximum absolute atomic E-state index is 11.6. The van der Waals surface area contributed by atoms with Crippen molar-refractivity contribution in [2.45, 2.75) is 32.8 Å². The van der Waals surface area contributed by atoms with E-state index in [1.807, 2.05) is 19.9 Å². The quantitative estimate of drug-likeness (QED) is 0.699. The summed E-state index contributed by atoms with van der Waals surface area (Å²) >= 11 is 0. The van der Waals surface area contributed by atoms with E-state index in [0.717, 1.165) is 12.0 Å². The third-order valence-corrected chi connectivity index (χ3v) is 2.60. The molecule has 3 N–H and O–H groups in total. The van der Waals surface area contributed by atoms with Crippen LogP contribution in [0.25, 0.3) is 0 Å². The number of carbonyl (C=O) groups excluding carboxylic acids is 2. The van der Waals surface area contributed by atoms with E-state index in [-0.39, 0.29) is 6.54 Å². The largest absolute Gasteiger partial charge is 0.391 e. The van der Waals surface area contributed by atoms with Gasteiger partial charge < -0.3 is 15.7 Å². The minimum absolute atomic E-state index is 0.0912. The number of benzene rings is 1. The summed E-state index contributed by atoms with van der Waals surface area (Å²) in [6, 6.07) is 7.19. The minimum atomic E-state index is -0.739. The number of aliphatic hydroxyl groups excluding tert-OH is 1. The molecule has 5 nitrogen and oxygen atoms in total. The zero-order valence-electron chi connectivity index (χ0n) is 11.3. The summed E-state index contributed by atoms with van der Waals surface area (Å²) in [7, 11) is 0. The van der Waals surface area contributed by atoms with E-state index >= 15 is 0 Å². The highest BCUT2D eigenvalue weighted by atomic mass is 16.3. The summed E-state index contributed by atoms with van der Waals surface area (Å²) in [6.07, 6.45) is 0.812. The summed E-state index contributed by atoms with van der Waals surface area (Å²) < 4.78 is 0. The monoisotopic (exact) mass is 264 g/mol. The van der Waals surface area contributed by atoms with E-state index in [2.05, 4.69) is 10.6 Å². The van der Waals surface area contributed by atoms with Crippen molar-refractivity contribution in [3.63, 3.8) is 0 Å². The lowest BCUT2D eigenvalue weighted by Gasteiger charge is -2.10. The van der Waals surface area contributed by atoms with Gasteiger partial charge in [-0.05, 0) is 31.0 Å². The molecule has 0 aliphatic heterocycles. The van der Waals surface area contributed by atoms with Crippen molar-refractivity contribution in [3.05, 3.63) is 29.8 Å². The smallest absolute Gasteiger partial charge is 0.313 e. The van der Waals surface area contributed by atoms with E-state index in [1.54, 1.807) is 18.2 Å². The van der Waals surface area contributed by atoms with Crippen LogP contribution in [-0.4, -0.2) is 29.6 Å². The SMILES string of the molecule is CCCC(O)CNC(=O)C(=O)Nc1cccc(C)c1. The molecule has 0 saturated carbocycles. The number of hydrogen-bond acceptors (Lipinski definition) is 3. The highest BCUT2D eigenvalue weighted by Gasteiger charge is 2.14. The zero-order chi connectivity index (χ0) is 14.3. The summed E-state index contributed by atoms with van der Waals surface area (Å²) in [5.41, 5.74) is 1.57. The number of amides is 2. The molecule has 1 atom stereocenters. The molecular weight excluding hydrogens is 244 g/mol. The van der Waals surface area contributed by atoms with Gasteiger partial charge in [0.15, 0.2) is 0 Å². The Morgan fingerprint density at radius 1 is 1.32 bits per heavy atom. The lowest BCUT2D eigenvalue weighted by Crippen LogP contribution is -2.39. The van der Waals surface area contributed by atoms with Crippen LogP contribution >= 0.6 is 0 Å². The molecule has 0 spiro atoms. The van der Waals surface area contributed by atoms with E-state index < -0.39 is 17.9 Å². The third-order valence-electron chi connectivity index (χ3n) is 2.60. The Morgan fingerprint density at radius 3 is 2.68 bits per heavy atom. The molecule has 0 heterocycles. The van der Waals surface area contributed by atoms with Crippen LogP contribution in [0.1, 0.15) is 25.3 Å². The van der Waals surface area contributed by atoms with Gasteiger partial charge in [-0.3, -0.25) is 9.59 Å². The van der Waals surface area contributed by atoms with Crippen molar-refractivity contribution >= 4 is 17.5 Å². The molecule has 1 aromatic rings. The van der Waals surface area contributed by atoms with Crippen molar-refractivity contribution in [3.8, 4) is 0 Å². The van der Waals surface area contributed by atoms with Crippen LogP contribution in [0.15, 0.2) is 24.3 Å². The second-order valence-electron chi connectivity index (χ2n) is 4.48. The summed E-state index contributed by atoms with van der Waals surface area (Å²) in [5, 5.41) is 14.4. The van der Waals surface area contributed by atoms with Crippen LogP contribution in [-0.2, 0) is 9.59 Å². The van der Waals surface area contributed by atoms with Crippen molar-refractivity contribution in [2.75, 3.05) is 11.9 Å². The fourth-order valence-electron chi connectivity index (χ4n) is 1.64. The molecule has 104 valence electrons. The fourth-order valence-corrected chi connectivity index (χ4v) is 1.64. The molecule has 0 radical (unpaired) electrons. The van der Waals surface area contributed by atoms with E-state index in [1.165, 1.54) is 0 Å². The van der Waals surface area contributed by atoms with E-state index in [4.69, 9.17) is 0 Å². The third kappa shape index (κ3) is 5.52. The van der Waals surface area contributed by atoms with Crippen molar-refractivity contribution < 1.29 is 14.7 Å². The normalized spacial score (nSPS) is 11.7. The van der Waals surface area contributed by atoms with Gasteiger partial charge in [0, 0.05) is 12.2 Å². The average Bonchev–Trinajstić information content (AvgIpc) is 2.36. The molecular formula is C14H20N2O3. The minimum Gasteiger partial charge on any atom is -0.391 e. The van der Waals surface area contributed by atoms with Crippen molar-refractivity contribution in [2.24, 2.45) is 0 Å². The molecule has 5 heteroatoms. The van der Waals surface area contributed by atoms with Gasteiger partial charge in [0.2, 0.25) is 0 Å². The number of hydrogen-bond donors (Lipinski definition) is 3. The summed E-state index contributed by atoms with van der Waals surface area (Å²) in [5.74, 6) is -1.47. The van der Waals surface area contributed by atoms with Crippen LogP contribution in [0, 0.1) is 6.92 Å². The van der Waals surface area contributed by atoms with Crippen LogP contribution in [0.5, 0.6) is 0 Å². The van der Waals surface area contributed by atoms with E-state index in [0.29, 0.717) is 12.1 Å². The predicted octanol–water partition coefficient (Wildman–Crippen LogP) is 1.21. The highest BCUT2D eigenvalue weighted by molar-refractivity contribution is 6.39. The Labute approximate surface area is 113 Å². The maximum Gasteiger partial charge on any atom is 0.313 e. The molecule has 19 heavy (non-hydrogen) atoms. The number of anilines is 1. The van der Waals surface area contributed by atoms with Gasteiger partial charge >= 0.3 is 11.8 Å². The topological polar surface area (TPSA) is 78.4 Å². The molecule has 0 saturated heterocycles. The van der Waals surface area contributed by atoms with Crippen molar-refractivity contribution in [1.82, 2.24) is 5.32 Å². The van der Waals surface area contributed by atoms with Gasteiger partial charge in [-0.2, -0.15) is 0 Å². The predicted molar refractivity (Wildman–Crippen MR) is 73.7 cm³/mol. The number of carbonyl (C=O) groups is 2. The molecule has 0 bridgehead atoms. The number of aliphatic hydroxyl groups is 1. The molecule has 1 unspecified atom stereocenters. The van der Waals surface area contributed by atoms with Gasteiger partial charge in [-0.15, -0.1) is 0 Å². The molecule has 0 fully saturated rings. The lowest BCUT2D eigenvalue weighted by atomic mass is 10.2.